The predicted octanol–water partition coefficient (Wildman–Crippen LogP) is 1.41. The lowest BCUT2D eigenvalue weighted by atomic mass is 9.81. The van der Waals surface area contributed by atoms with Gasteiger partial charge in [0.15, 0.2) is 0 Å². The quantitative estimate of drug-likeness (QED) is 0.738. The third kappa shape index (κ3) is 4.35. The molecular formula is C20H36BN5O2. The van der Waals surface area contributed by atoms with Crippen LogP contribution < -0.4 is 16.1 Å². The summed E-state index contributed by atoms with van der Waals surface area (Å²) < 4.78 is 12.2. The molecule has 1 atom stereocenters. The molecule has 2 N–H and O–H groups in total. The van der Waals surface area contributed by atoms with Crippen LogP contribution in [0.25, 0.3) is 0 Å². The molecule has 28 heavy (non-hydrogen) atoms. The number of aromatic nitrogens is 2. The summed E-state index contributed by atoms with van der Waals surface area (Å²) in [6, 6.07) is 0.730. The van der Waals surface area contributed by atoms with Crippen molar-refractivity contribution in [1.29, 1.82) is 0 Å². The number of anilines is 1. The van der Waals surface area contributed by atoms with Crippen molar-refractivity contribution in [3.8, 4) is 0 Å². The molecule has 0 spiro atoms. The van der Waals surface area contributed by atoms with E-state index in [1.807, 2.05) is 12.4 Å². The van der Waals surface area contributed by atoms with Crippen LogP contribution in [0.4, 0.5) is 5.95 Å². The Morgan fingerprint density at radius 1 is 1.21 bits per heavy atom. The van der Waals surface area contributed by atoms with Gasteiger partial charge in [-0.15, -0.1) is 0 Å². The van der Waals surface area contributed by atoms with Gasteiger partial charge in [-0.25, -0.2) is 9.97 Å². The van der Waals surface area contributed by atoms with Crippen molar-refractivity contribution >= 4 is 18.5 Å². The first-order valence-electron chi connectivity index (χ1n) is 10.5. The van der Waals surface area contributed by atoms with Crippen molar-refractivity contribution in [3.05, 3.63) is 12.4 Å². The van der Waals surface area contributed by atoms with Crippen LogP contribution in [-0.2, 0) is 9.31 Å². The van der Waals surface area contributed by atoms with Crippen LogP contribution in [0.1, 0.15) is 54.4 Å². The largest absolute Gasteiger partial charge is 0.498 e. The van der Waals surface area contributed by atoms with Crippen molar-refractivity contribution in [2.75, 3.05) is 31.1 Å². The third-order valence-electron chi connectivity index (χ3n) is 6.29. The summed E-state index contributed by atoms with van der Waals surface area (Å²) in [6.45, 7) is 16.4. The Morgan fingerprint density at radius 3 is 2.36 bits per heavy atom. The first-order chi connectivity index (χ1) is 13.1. The van der Waals surface area contributed by atoms with Crippen molar-refractivity contribution in [3.63, 3.8) is 0 Å². The molecule has 3 heterocycles. The number of piperidine rings is 1. The molecule has 8 heteroatoms. The minimum atomic E-state index is -0.429. The fraction of sp³-hybridized carbons (Fsp3) is 0.800. The van der Waals surface area contributed by atoms with Gasteiger partial charge in [0.25, 0.3) is 0 Å². The van der Waals surface area contributed by atoms with Crippen LogP contribution >= 0.6 is 0 Å². The number of nitrogens with zero attached hydrogens (tertiary/aromatic N) is 4. The SMILES string of the molecule is CC(C)N(c1ncc(B2OC(C)(C)C(C)(C)O2)cn1)[C@H]1CCCN(CCN)C1. The van der Waals surface area contributed by atoms with Crippen molar-refractivity contribution in [2.45, 2.75) is 77.7 Å². The molecule has 3 rings (SSSR count). The molecule has 2 aliphatic heterocycles. The minimum absolute atomic E-state index is 0.325. The zero-order chi connectivity index (χ0) is 20.5. The predicted molar refractivity (Wildman–Crippen MR) is 114 cm³/mol. The highest BCUT2D eigenvalue weighted by atomic mass is 16.7. The molecule has 0 radical (unpaired) electrons. The standard InChI is InChI=1S/C20H36BN5O2/c1-15(2)26(17-8-7-10-25(14-17)11-9-22)18-23-12-16(13-24-18)21-27-19(3,4)20(5,6)28-21/h12-13,15,17H,7-11,14,22H2,1-6H3/t17-/m0/s1. The van der Waals surface area contributed by atoms with Gasteiger partial charge >= 0.3 is 7.12 Å². The summed E-state index contributed by atoms with van der Waals surface area (Å²) >= 11 is 0. The second-order valence-electron chi connectivity index (χ2n) is 9.29. The molecule has 1 aromatic heterocycles. The van der Waals surface area contributed by atoms with E-state index in [0.717, 1.165) is 37.5 Å². The van der Waals surface area contributed by atoms with Crippen LogP contribution in [-0.4, -0.2) is 71.5 Å². The lowest BCUT2D eigenvalue weighted by molar-refractivity contribution is 0.00578. The van der Waals surface area contributed by atoms with Crippen LogP contribution in [0.2, 0.25) is 0 Å². The zero-order valence-corrected chi connectivity index (χ0v) is 18.3. The second-order valence-corrected chi connectivity index (χ2v) is 9.29. The van der Waals surface area contributed by atoms with E-state index in [4.69, 9.17) is 25.0 Å². The maximum Gasteiger partial charge on any atom is 0.498 e. The fourth-order valence-electron chi connectivity index (χ4n) is 4.03. The van der Waals surface area contributed by atoms with Crippen LogP contribution in [0.3, 0.4) is 0 Å². The topological polar surface area (TPSA) is 76.7 Å². The summed E-state index contributed by atoms with van der Waals surface area (Å²) in [7, 11) is -0.429. The number of rotatable bonds is 6. The maximum absolute atomic E-state index is 6.12. The number of hydrogen-bond donors (Lipinski definition) is 1. The molecule has 0 aromatic carbocycles. The lowest BCUT2D eigenvalue weighted by Gasteiger charge is -2.41. The van der Waals surface area contributed by atoms with E-state index in [9.17, 15) is 0 Å². The van der Waals surface area contributed by atoms with E-state index < -0.39 is 7.12 Å². The van der Waals surface area contributed by atoms with E-state index in [0.29, 0.717) is 18.6 Å². The molecule has 0 unspecified atom stereocenters. The van der Waals surface area contributed by atoms with Crippen LogP contribution in [0, 0.1) is 0 Å². The zero-order valence-electron chi connectivity index (χ0n) is 18.3. The molecule has 0 amide bonds. The first kappa shape index (κ1) is 21.5. The highest BCUT2D eigenvalue weighted by Gasteiger charge is 2.52. The Hall–Kier alpha value is -1.22. The summed E-state index contributed by atoms with van der Waals surface area (Å²) in [4.78, 5) is 14.2. The van der Waals surface area contributed by atoms with E-state index in [2.05, 4.69) is 51.3 Å². The van der Waals surface area contributed by atoms with Gasteiger partial charge in [-0.3, -0.25) is 0 Å². The minimum Gasteiger partial charge on any atom is -0.399 e. The molecule has 7 nitrogen and oxygen atoms in total. The smallest absolute Gasteiger partial charge is 0.399 e. The van der Waals surface area contributed by atoms with Crippen molar-refractivity contribution < 1.29 is 9.31 Å². The van der Waals surface area contributed by atoms with Gasteiger partial charge in [-0.2, -0.15) is 0 Å². The third-order valence-corrected chi connectivity index (χ3v) is 6.29. The van der Waals surface area contributed by atoms with Gasteiger partial charge in [0.2, 0.25) is 5.95 Å². The molecule has 2 saturated heterocycles. The second kappa shape index (κ2) is 8.26. The van der Waals surface area contributed by atoms with Gasteiger partial charge in [0.05, 0.1) is 11.2 Å². The van der Waals surface area contributed by atoms with Gasteiger partial charge < -0.3 is 24.8 Å². The average Bonchev–Trinajstić information content (AvgIpc) is 2.84. The van der Waals surface area contributed by atoms with Crippen molar-refractivity contribution in [2.24, 2.45) is 5.73 Å². The summed E-state index contributed by atoms with van der Waals surface area (Å²) in [6.07, 6.45) is 6.03. The molecule has 2 aliphatic rings. The summed E-state index contributed by atoms with van der Waals surface area (Å²) in [5.41, 5.74) is 5.89. The van der Waals surface area contributed by atoms with E-state index in [1.165, 1.54) is 6.42 Å². The van der Waals surface area contributed by atoms with Gasteiger partial charge in [-0.05, 0) is 60.9 Å². The van der Waals surface area contributed by atoms with Gasteiger partial charge in [-0.1, -0.05) is 0 Å². The maximum atomic E-state index is 6.12. The van der Waals surface area contributed by atoms with Crippen LogP contribution in [0.15, 0.2) is 12.4 Å². The van der Waals surface area contributed by atoms with E-state index in [1.54, 1.807) is 0 Å². The monoisotopic (exact) mass is 389 g/mol. The first-order valence-corrected chi connectivity index (χ1v) is 10.5. The fourth-order valence-corrected chi connectivity index (χ4v) is 4.03. The van der Waals surface area contributed by atoms with Gasteiger partial charge in [0, 0.05) is 49.6 Å². The Morgan fingerprint density at radius 2 is 1.82 bits per heavy atom. The Kier molecular flexibility index (Phi) is 6.34. The average molecular weight is 389 g/mol. The highest BCUT2D eigenvalue weighted by Crippen LogP contribution is 2.36. The Labute approximate surface area is 170 Å². The van der Waals surface area contributed by atoms with Crippen molar-refractivity contribution in [1.82, 2.24) is 14.9 Å². The summed E-state index contributed by atoms with van der Waals surface area (Å²) in [5, 5.41) is 0. The molecule has 0 saturated carbocycles. The molecular weight excluding hydrogens is 353 g/mol. The number of hydrogen-bond acceptors (Lipinski definition) is 7. The molecule has 1 aromatic rings. The Balaban J connectivity index is 1.75. The highest BCUT2D eigenvalue weighted by molar-refractivity contribution is 6.61. The molecule has 156 valence electrons. The van der Waals surface area contributed by atoms with E-state index >= 15 is 0 Å². The van der Waals surface area contributed by atoms with Gasteiger partial charge in [0.1, 0.15) is 0 Å². The number of nitrogens with two attached hydrogens (primary N) is 1. The van der Waals surface area contributed by atoms with E-state index in [-0.39, 0.29) is 11.2 Å². The van der Waals surface area contributed by atoms with Crippen LogP contribution in [0.5, 0.6) is 0 Å². The lowest BCUT2D eigenvalue weighted by Crippen LogP contribution is -2.52. The normalized spacial score (nSPS) is 24.7. The number of likely N-dealkylation sites (tertiary alicyclic amines) is 1. The summed E-state index contributed by atoms with van der Waals surface area (Å²) in [5.74, 6) is 0.773. The molecule has 0 aliphatic carbocycles. The molecule has 0 bridgehead atoms. The Bertz CT molecular complexity index is 635. The molecule has 2 fully saturated rings.